The zero-order chi connectivity index (χ0) is 34.3. The summed E-state index contributed by atoms with van der Waals surface area (Å²) in [6, 6.07) is 3.34. The molecule has 0 unspecified atom stereocenters. The predicted molar refractivity (Wildman–Crippen MR) is 177 cm³/mol. The summed E-state index contributed by atoms with van der Waals surface area (Å²) in [4.78, 5) is 58.4. The van der Waals surface area contributed by atoms with Crippen LogP contribution in [0, 0.1) is 11.7 Å². The van der Waals surface area contributed by atoms with Crippen LogP contribution in [-0.4, -0.2) is 83.6 Å². The van der Waals surface area contributed by atoms with Crippen molar-refractivity contribution in [3.8, 4) is 0 Å². The number of hydrogen-bond donors (Lipinski definition) is 3. The van der Waals surface area contributed by atoms with E-state index in [4.69, 9.17) is 4.74 Å². The number of nitrogens with zero attached hydrogens (tertiary/aromatic N) is 2. The van der Waals surface area contributed by atoms with E-state index in [0.717, 1.165) is 51.4 Å². The second-order valence-corrected chi connectivity index (χ2v) is 16.7. The molecule has 5 atom stereocenters. The van der Waals surface area contributed by atoms with Crippen molar-refractivity contribution in [1.29, 1.82) is 0 Å². The number of carbonyl (C=O) groups is 4. The standard InChI is InChI=1S/C35H46FN5O7S/c36-28-13-8-9-22-19-40(21-27(22)28)34(45)48-25-17-30-31(42)38-35(33(44)39-49(46,47)26-15-16-26)18-23(35)10-4-2-1-3-5-14-29(32(43)41(30)20-25)37-24-11-6-7-12-24/h4,8-10,13,23-26,29-30,37H,1-3,5-7,11-12,14-21H2,(H,38,42)(H,39,44)/b10-4-/t23-,25-,29+,30+,35-/m1/s1. The van der Waals surface area contributed by atoms with E-state index >= 15 is 0 Å². The number of hydrogen-bond acceptors (Lipinski definition) is 8. The van der Waals surface area contributed by atoms with Crippen LogP contribution in [0.2, 0.25) is 0 Å². The summed E-state index contributed by atoms with van der Waals surface area (Å²) in [6.45, 7) is 0.234. The Morgan fingerprint density at radius 1 is 1.00 bits per heavy atom. The molecular formula is C35H46FN5O7S. The molecule has 3 aliphatic heterocycles. The number of rotatable bonds is 6. The fourth-order valence-corrected chi connectivity index (χ4v) is 9.34. The molecule has 6 aliphatic rings. The van der Waals surface area contributed by atoms with Crippen LogP contribution in [0.4, 0.5) is 9.18 Å². The third-order valence-electron chi connectivity index (χ3n) is 11.1. The van der Waals surface area contributed by atoms with Gasteiger partial charge in [-0.1, -0.05) is 50.0 Å². The molecule has 4 fully saturated rings. The number of carbonyl (C=O) groups excluding carboxylic acids is 4. The lowest BCUT2D eigenvalue weighted by atomic mass is 10.0. The molecule has 7 rings (SSSR count). The molecule has 4 amide bonds. The Bertz CT molecular complexity index is 1630. The SMILES string of the molecule is O=C1N[C@]2(C(=O)NS(=O)(=O)C3CC3)C[C@H]2/C=C\CCCCC[C@H](NC2CCCC2)C(=O)N2C[C@H](OC(=O)N3Cc4cccc(F)c4C3)C[C@@H]12. The normalized spacial score (nSPS) is 31.5. The minimum Gasteiger partial charge on any atom is -0.444 e. The van der Waals surface area contributed by atoms with Gasteiger partial charge < -0.3 is 20.3 Å². The van der Waals surface area contributed by atoms with Crippen LogP contribution in [-0.2, 0) is 42.2 Å². The van der Waals surface area contributed by atoms with Gasteiger partial charge in [-0.15, -0.1) is 0 Å². The van der Waals surface area contributed by atoms with Crippen molar-refractivity contribution in [3.63, 3.8) is 0 Å². The maximum absolute atomic E-state index is 14.4. The quantitative estimate of drug-likeness (QED) is 0.383. The van der Waals surface area contributed by atoms with Crippen LogP contribution in [0.15, 0.2) is 30.4 Å². The maximum atomic E-state index is 14.4. The second kappa shape index (κ2) is 13.7. The Labute approximate surface area is 286 Å². The van der Waals surface area contributed by atoms with E-state index in [1.165, 1.54) is 15.9 Å². The monoisotopic (exact) mass is 699 g/mol. The molecule has 0 aromatic heterocycles. The van der Waals surface area contributed by atoms with E-state index in [-0.39, 0.29) is 44.4 Å². The zero-order valence-electron chi connectivity index (χ0n) is 27.7. The van der Waals surface area contributed by atoms with Crippen LogP contribution >= 0.6 is 0 Å². The van der Waals surface area contributed by atoms with E-state index in [1.54, 1.807) is 12.1 Å². The fraction of sp³-hybridized carbons (Fsp3) is 0.657. The van der Waals surface area contributed by atoms with Gasteiger partial charge in [-0.05, 0) is 63.0 Å². The van der Waals surface area contributed by atoms with Crippen molar-refractivity contribution in [1.82, 2.24) is 25.2 Å². The van der Waals surface area contributed by atoms with E-state index in [1.807, 2.05) is 12.2 Å². The van der Waals surface area contributed by atoms with E-state index in [0.29, 0.717) is 30.4 Å². The Morgan fingerprint density at radius 3 is 2.53 bits per heavy atom. The van der Waals surface area contributed by atoms with Crippen LogP contribution in [0.25, 0.3) is 0 Å². The topological polar surface area (TPSA) is 154 Å². The largest absolute Gasteiger partial charge is 0.444 e. The van der Waals surface area contributed by atoms with E-state index in [9.17, 15) is 32.0 Å². The lowest BCUT2D eigenvalue weighted by Gasteiger charge is -2.31. The number of nitrogens with one attached hydrogen (secondary N) is 3. The average molecular weight is 700 g/mol. The summed E-state index contributed by atoms with van der Waals surface area (Å²) in [7, 11) is -3.86. The van der Waals surface area contributed by atoms with Crippen molar-refractivity contribution in [3.05, 3.63) is 47.3 Å². The number of allylic oxidation sites excluding steroid dienone is 1. The molecular weight excluding hydrogens is 653 g/mol. The van der Waals surface area contributed by atoms with Crippen LogP contribution < -0.4 is 15.4 Å². The highest BCUT2D eigenvalue weighted by atomic mass is 32.2. The first-order chi connectivity index (χ1) is 23.5. The molecule has 0 radical (unpaired) electrons. The van der Waals surface area contributed by atoms with Crippen molar-refractivity contribution in [2.45, 2.75) is 132 Å². The number of benzene rings is 1. The summed E-state index contributed by atoms with van der Waals surface area (Å²) in [5.74, 6) is -2.40. The summed E-state index contributed by atoms with van der Waals surface area (Å²) in [5, 5.41) is 5.83. The molecule has 14 heteroatoms. The first-order valence-electron chi connectivity index (χ1n) is 17.9. The molecule has 0 bridgehead atoms. The second-order valence-electron chi connectivity index (χ2n) is 14.7. The molecule has 3 aliphatic carbocycles. The number of amides is 4. The highest BCUT2D eigenvalue weighted by Crippen LogP contribution is 2.46. The number of sulfonamides is 1. The van der Waals surface area contributed by atoms with Gasteiger partial charge >= 0.3 is 6.09 Å². The van der Waals surface area contributed by atoms with Gasteiger partial charge in [0.1, 0.15) is 23.5 Å². The molecule has 3 saturated carbocycles. The Hall–Kier alpha value is -3.52. The van der Waals surface area contributed by atoms with Crippen LogP contribution in [0.5, 0.6) is 0 Å². The van der Waals surface area contributed by atoms with Gasteiger partial charge in [-0.25, -0.2) is 17.6 Å². The van der Waals surface area contributed by atoms with Crippen molar-refractivity contribution >= 4 is 33.8 Å². The molecule has 3 N–H and O–H groups in total. The van der Waals surface area contributed by atoms with Crippen molar-refractivity contribution in [2.24, 2.45) is 5.92 Å². The average Bonchev–Trinajstić information content (AvgIpc) is 3.84. The molecule has 266 valence electrons. The Balaban J connectivity index is 1.13. The van der Waals surface area contributed by atoms with Gasteiger partial charge in [0.15, 0.2) is 0 Å². The minimum absolute atomic E-state index is 0.00713. The maximum Gasteiger partial charge on any atom is 0.410 e. The van der Waals surface area contributed by atoms with Crippen molar-refractivity contribution in [2.75, 3.05) is 6.54 Å². The minimum atomic E-state index is -3.86. The smallest absolute Gasteiger partial charge is 0.410 e. The molecule has 1 aromatic carbocycles. The highest BCUT2D eigenvalue weighted by Gasteiger charge is 2.62. The number of fused-ring (bicyclic) bond motifs is 3. The summed E-state index contributed by atoms with van der Waals surface area (Å²) < 4.78 is 48.0. The lowest BCUT2D eigenvalue weighted by Crippen LogP contribution is -2.58. The fourth-order valence-electron chi connectivity index (χ4n) is 7.97. The first-order valence-corrected chi connectivity index (χ1v) is 19.4. The van der Waals surface area contributed by atoms with Crippen molar-refractivity contribution < 1.29 is 36.7 Å². The van der Waals surface area contributed by atoms with Crippen LogP contribution in [0.3, 0.4) is 0 Å². The molecule has 1 saturated heterocycles. The summed E-state index contributed by atoms with van der Waals surface area (Å²) in [6.07, 6.45) is 11.7. The van der Waals surface area contributed by atoms with E-state index in [2.05, 4.69) is 15.4 Å². The molecule has 12 nitrogen and oxygen atoms in total. The van der Waals surface area contributed by atoms with Gasteiger partial charge in [0.25, 0.3) is 5.91 Å². The summed E-state index contributed by atoms with van der Waals surface area (Å²) in [5.41, 5.74) is -0.326. The number of halogens is 1. The van der Waals surface area contributed by atoms with Gasteiger partial charge in [-0.3, -0.25) is 24.0 Å². The molecule has 1 aromatic rings. The highest BCUT2D eigenvalue weighted by molar-refractivity contribution is 7.91. The van der Waals surface area contributed by atoms with E-state index < -0.39 is 68.6 Å². The van der Waals surface area contributed by atoms with Gasteiger partial charge in [0.2, 0.25) is 21.8 Å². The van der Waals surface area contributed by atoms with Gasteiger partial charge in [0.05, 0.1) is 24.4 Å². The molecule has 3 heterocycles. The third-order valence-corrected chi connectivity index (χ3v) is 12.9. The van der Waals surface area contributed by atoms with Gasteiger partial charge in [-0.2, -0.15) is 0 Å². The Kier molecular flexibility index (Phi) is 9.46. The number of ether oxygens (including phenoxy) is 1. The zero-order valence-corrected chi connectivity index (χ0v) is 28.5. The lowest BCUT2D eigenvalue weighted by molar-refractivity contribution is -0.141. The summed E-state index contributed by atoms with van der Waals surface area (Å²) >= 11 is 0. The van der Waals surface area contributed by atoms with Gasteiger partial charge in [0, 0.05) is 30.5 Å². The third kappa shape index (κ3) is 7.21. The Morgan fingerprint density at radius 2 is 1.78 bits per heavy atom. The predicted octanol–water partition coefficient (Wildman–Crippen LogP) is 3.15. The molecule has 0 spiro atoms. The molecule has 49 heavy (non-hydrogen) atoms. The first kappa shape index (κ1) is 34.0. The van der Waals surface area contributed by atoms with Crippen LogP contribution in [0.1, 0.15) is 94.6 Å².